The van der Waals surface area contributed by atoms with Gasteiger partial charge in [0.05, 0.1) is 13.2 Å². The number of methoxy groups -OCH3 is 1. The van der Waals surface area contributed by atoms with Crippen molar-refractivity contribution in [3.63, 3.8) is 0 Å². The number of amides is 1. The van der Waals surface area contributed by atoms with Crippen LogP contribution in [0.2, 0.25) is 0 Å². The molecule has 3 heteroatoms. The standard InChI is InChI=1S/C19H23NO2/c1-15(17-12-6-7-13-18(17)22-2)20-19(21)14-8-11-16-9-4-3-5-10-16/h3-7,9-10,12-13,15H,8,11,14H2,1-2H3,(H,20,21)/t15-/m1/s1. The van der Waals surface area contributed by atoms with Gasteiger partial charge in [-0.1, -0.05) is 48.5 Å². The SMILES string of the molecule is COc1ccccc1[C@@H](C)NC(=O)CCCc1ccccc1. The topological polar surface area (TPSA) is 38.3 Å². The number of rotatable bonds is 7. The molecule has 0 aliphatic carbocycles. The van der Waals surface area contributed by atoms with Crippen LogP contribution in [0.25, 0.3) is 0 Å². The number of aryl methyl sites for hydroxylation is 1. The van der Waals surface area contributed by atoms with Crippen LogP contribution in [0.4, 0.5) is 0 Å². The number of hydrogen-bond donors (Lipinski definition) is 1. The van der Waals surface area contributed by atoms with E-state index in [2.05, 4.69) is 17.4 Å². The van der Waals surface area contributed by atoms with Crippen molar-refractivity contribution in [2.24, 2.45) is 0 Å². The lowest BCUT2D eigenvalue weighted by molar-refractivity contribution is -0.121. The highest BCUT2D eigenvalue weighted by Crippen LogP contribution is 2.24. The average Bonchev–Trinajstić information content (AvgIpc) is 2.55. The van der Waals surface area contributed by atoms with E-state index in [0.717, 1.165) is 24.2 Å². The van der Waals surface area contributed by atoms with E-state index in [-0.39, 0.29) is 11.9 Å². The maximum atomic E-state index is 12.1. The lowest BCUT2D eigenvalue weighted by Crippen LogP contribution is -2.26. The minimum Gasteiger partial charge on any atom is -0.496 e. The Hall–Kier alpha value is -2.29. The van der Waals surface area contributed by atoms with Gasteiger partial charge in [0, 0.05) is 12.0 Å². The molecule has 0 saturated heterocycles. The van der Waals surface area contributed by atoms with Crippen molar-refractivity contribution >= 4 is 5.91 Å². The first-order chi connectivity index (χ1) is 10.7. The number of nitrogens with one attached hydrogen (secondary N) is 1. The molecule has 116 valence electrons. The van der Waals surface area contributed by atoms with Gasteiger partial charge in [-0.05, 0) is 31.4 Å². The van der Waals surface area contributed by atoms with Crippen LogP contribution >= 0.6 is 0 Å². The van der Waals surface area contributed by atoms with E-state index in [4.69, 9.17) is 4.74 Å². The second-order valence-corrected chi connectivity index (χ2v) is 5.37. The molecular weight excluding hydrogens is 274 g/mol. The van der Waals surface area contributed by atoms with Crippen LogP contribution in [0, 0.1) is 0 Å². The van der Waals surface area contributed by atoms with Crippen molar-refractivity contribution in [3.05, 3.63) is 65.7 Å². The van der Waals surface area contributed by atoms with Gasteiger partial charge in [0.25, 0.3) is 0 Å². The fraction of sp³-hybridized carbons (Fsp3) is 0.316. The molecule has 0 saturated carbocycles. The molecule has 3 nitrogen and oxygen atoms in total. The van der Waals surface area contributed by atoms with Crippen molar-refractivity contribution in [1.82, 2.24) is 5.32 Å². The van der Waals surface area contributed by atoms with Gasteiger partial charge in [-0.3, -0.25) is 4.79 Å². The number of ether oxygens (including phenoxy) is 1. The summed E-state index contributed by atoms with van der Waals surface area (Å²) in [5, 5.41) is 3.04. The Balaban J connectivity index is 1.81. The van der Waals surface area contributed by atoms with Crippen molar-refractivity contribution in [3.8, 4) is 5.75 Å². The van der Waals surface area contributed by atoms with Gasteiger partial charge in [-0.25, -0.2) is 0 Å². The predicted octanol–water partition coefficient (Wildman–Crippen LogP) is 3.90. The molecule has 0 aromatic heterocycles. The van der Waals surface area contributed by atoms with E-state index in [0.29, 0.717) is 6.42 Å². The van der Waals surface area contributed by atoms with Gasteiger partial charge in [0.15, 0.2) is 0 Å². The van der Waals surface area contributed by atoms with Crippen molar-refractivity contribution < 1.29 is 9.53 Å². The number of carbonyl (C=O) groups excluding carboxylic acids is 1. The molecule has 2 aromatic rings. The third-order valence-corrected chi connectivity index (χ3v) is 3.70. The lowest BCUT2D eigenvalue weighted by Gasteiger charge is -2.17. The highest BCUT2D eigenvalue weighted by Gasteiger charge is 2.13. The van der Waals surface area contributed by atoms with Crippen LogP contribution in [-0.2, 0) is 11.2 Å². The first-order valence-electron chi connectivity index (χ1n) is 7.67. The minimum atomic E-state index is -0.0552. The fourth-order valence-corrected chi connectivity index (χ4v) is 2.51. The Morgan fingerprint density at radius 1 is 1.09 bits per heavy atom. The zero-order valence-electron chi connectivity index (χ0n) is 13.2. The third-order valence-electron chi connectivity index (χ3n) is 3.70. The summed E-state index contributed by atoms with van der Waals surface area (Å²) in [6.07, 6.45) is 2.32. The Morgan fingerprint density at radius 3 is 2.50 bits per heavy atom. The molecule has 0 spiro atoms. The minimum absolute atomic E-state index is 0.0552. The van der Waals surface area contributed by atoms with Gasteiger partial charge >= 0.3 is 0 Å². The zero-order valence-corrected chi connectivity index (χ0v) is 13.2. The monoisotopic (exact) mass is 297 g/mol. The summed E-state index contributed by atoms with van der Waals surface area (Å²) in [5.74, 6) is 0.883. The fourth-order valence-electron chi connectivity index (χ4n) is 2.51. The summed E-state index contributed by atoms with van der Waals surface area (Å²) in [6, 6.07) is 18.0. The first kappa shape index (κ1) is 16.1. The summed E-state index contributed by atoms with van der Waals surface area (Å²) in [4.78, 5) is 12.1. The van der Waals surface area contributed by atoms with E-state index in [9.17, 15) is 4.79 Å². The molecule has 1 N–H and O–H groups in total. The molecule has 22 heavy (non-hydrogen) atoms. The number of para-hydroxylation sites is 1. The first-order valence-corrected chi connectivity index (χ1v) is 7.67. The van der Waals surface area contributed by atoms with E-state index < -0.39 is 0 Å². The molecule has 0 heterocycles. The molecule has 1 amide bonds. The molecule has 0 radical (unpaired) electrons. The zero-order chi connectivity index (χ0) is 15.8. The Kier molecular flexibility index (Phi) is 6.01. The van der Waals surface area contributed by atoms with E-state index >= 15 is 0 Å². The molecule has 2 rings (SSSR count). The van der Waals surface area contributed by atoms with Crippen LogP contribution < -0.4 is 10.1 Å². The van der Waals surface area contributed by atoms with Gasteiger partial charge in [-0.2, -0.15) is 0 Å². The second-order valence-electron chi connectivity index (χ2n) is 5.37. The molecule has 0 aliphatic heterocycles. The molecule has 0 fully saturated rings. The number of hydrogen-bond acceptors (Lipinski definition) is 2. The van der Waals surface area contributed by atoms with E-state index in [1.54, 1.807) is 7.11 Å². The lowest BCUT2D eigenvalue weighted by atomic mass is 10.1. The number of carbonyl (C=O) groups is 1. The Bertz CT molecular complexity index is 595. The summed E-state index contributed by atoms with van der Waals surface area (Å²) in [6.45, 7) is 1.98. The average molecular weight is 297 g/mol. The van der Waals surface area contributed by atoms with Crippen LogP contribution in [0.15, 0.2) is 54.6 Å². The smallest absolute Gasteiger partial charge is 0.220 e. The Labute approximate surface area is 132 Å². The van der Waals surface area contributed by atoms with Crippen LogP contribution in [0.3, 0.4) is 0 Å². The van der Waals surface area contributed by atoms with Crippen LogP contribution in [0.1, 0.15) is 36.9 Å². The maximum Gasteiger partial charge on any atom is 0.220 e. The quantitative estimate of drug-likeness (QED) is 0.842. The van der Waals surface area contributed by atoms with Gasteiger partial charge in [-0.15, -0.1) is 0 Å². The molecule has 1 atom stereocenters. The third kappa shape index (κ3) is 4.62. The normalized spacial score (nSPS) is 11.7. The molecule has 0 bridgehead atoms. The van der Waals surface area contributed by atoms with E-state index in [1.165, 1.54) is 5.56 Å². The summed E-state index contributed by atoms with van der Waals surface area (Å²) in [7, 11) is 1.65. The van der Waals surface area contributed by atoms with Gasteiger partial charge in [0.2, 0.25) is 5.91 Å². The molecule has 0 unspecified atom stereocenters. The number of benzene rings is 2. The molecular formula is C19H23NO2. The second kappa shape index (κ2) is 8.23. The van der Waals surface area contributed by atoms with Gasteiger partial charge < -0.3 is 10.1 Å². The van der Waals surface area contributed by atoms with Crippen molar-refractivity contribution in [2.75, 3.05) is 7.11 Å². The van der Waals surface area contributed by atoms with E-state index in [1.807, 2.05) is 49.4 Å². The highest BCUT2D eigenvalue weighted by atomic mass is 16.5. The summed E-state index contributed by atoms with van der Waals surface area (Å²) >= 11 is 0. The van der Waals surface area contributed by atoms with Crippen molar-refractivity contribution in [1.29, 1.82) is 0 Å². The highest BCUT2D eigenvalue weighted by molar-refractivity contribution is 5.76. The predicted molar refractivity (Wildman–Crippen MR) is 88.9 cm³/mol. The largest absolute Gasteiger partial charge is 0.496 e. The van der Waals surface area contributed by atoms with Crippen LogP contribution in [-0.4, -0.2) is 13.0 Å². The maximum absolute atomic E-state index is 12.1. The summed E-state index contributed by atoms with van der Waals surface area (Å²) in [5.41, 5.74) is 2.27. The molecule has 2 aromatic carbocycles. The van der Waals surface area contributed by atoms with Crippen molar-refractivity contribution in [2.45, 2.75) is 32.2 Å². The van der Waals surface area contributed by atoms with Gasteiger partial charge in [0.1, 0.15) is 5.75 Å². The Morgan fingerprint density at radius 2 is 1.77 bits per heavy atom. The summed E-state index contributed by atoms with van der Waals surface area (Å²) < 4.78 is 5.34. The molecule has 0 aliphatic rings. The van der Waals surface area contributed by atoms with Crippen LogP contribution in [0.5, 0.6) is 5.75 Å².